The maximum atomic E-state index is 14.1. The number of hydrogen-bond donors (Lipinski definition) is 1. The Morgan fingerprint density at radius 1 is 1.16 bits per heavy atom. The molecule has 6 nitrogen and oxygen atoms in total. The maximum absolute atomic E-state index is 14.1. The summed E-state index contributed by atoms with van der Waals surface area (Å²) in [6.45, 7) is 2.26. The number of carbonyl (C=O) groups is 1. The molecule has 0 fully saturated rings. The van der Waals surface area contributed by atoms with Crippen molar-refractivity contribution in [3.05, 3.63) is 82.1 Å². The molecule has 0 bridgehead atoms. The molecule has 1 aromatic heterocycles. The van der Waals surface area contributed by atoms with Crippen LogP contribution in [0, 0.1) is 5.82 Å². The molecule has 0 saturated heterocycles. The summed E-state index contributed by atoms with van der Waals surface area (Å²) in [5.41, 5.74) is 1.53. The summed E-state index contributed by atoms with van der Waals surface area (Å²) in [6, 6.07) is 13.1. The Balaban J connectivity index is 1.84. The molecule has 31 heavy (non-hydrogen) atoms. The maximum Gasteiger partial charge on any atom is 0.244 e. The molecule has 0 aliphatic rings. The van der Waals surface area contributed by atoms with E-state index >= 15 is 0 Å². The third-order valence-corrected chi connectivity index (χ3v) is 7.23. The Hall–Kier alpha value is -2.62. The summed E-state index contributed by atoms with van der Waals surface area (Å²) in [5, 5.41) is 2.86. The molecular weight excluding hydrogens is 437 g/mol. The molecule has 3 aromatic rings. The average molecular weight is 462 g/mol. The van der Waals surface area contributed by atoms with E-state index in [9.17, 15) is 17.6 Å². The first-order chi connectivity index (χ1) is 14.8. The predicted octanol–water partition coefficient (Wildman–Crippen LogP) is 3.39. The first kappa shape index (κ1) is 23.1. The second-order valence-electron chi connectivity index (χ2n) is 7.07. The van der Waals surface area contributed by atoms with Crippen molar-refractivity contribution in [2.24, 2.45) is 0 Å². The topological polar surface area (TPSA) is 79.4 Å². The Morgan fingerprint density at radius 2 is 1.84 bits per heavy atom. The number of thiazole rings is 1. The predicted molar refractivity (Wildman–Crippen MR) is 119 cm³/mol. The minimum atomic E-state index is -4.25. The van der Waals surface area contributed by atoms with E-state index in [0.717, 1.165) is 28.8 Å². The molecule has 164 valence electrons. The Bertz CT molecular complexity index is 1130. The lowest BCUT2D eigenvalue weighted by Crippen LogP contribution is -2.48. The molecule has 1 unspecified atom stereocenters. The minimum absolute atomic E-state index is 0.134. The van der Waals surface area contributed by atoms with Crippen molar-refractivity contribution in [2.45, 2.75) is 37.2 Å². The van der Waals surface area contributed by atoms with Crippen LogP contribution in [0.4, 0.5) is 4.39 Å². The first-order valence-corrected chi connectivity index (χ1v) is 12.2. The minimum Gasteiger partial charge on any atom is -0.338 e. The van der Waals surface area contributed by atoms with Crippen molar-refractivity contribution in [3.8, 4) is 0 Å². The van der Waals surface area contributed by atoms with Gasteiger partial charge in [0, 0.05) is 12.4 Å². The lowest BCUT2D eigenvalue weighted by Gasteiger charge is -2.24. The van der Waals surface area contributed by atoms with Gasteiger partial charge in [-0.2, -0.15) is 4.72 Å². The fourth-order valence-corrected chi connectivity index (χ4v) is 5.12. The van der Waals surface area contributed by atoms with Crippen LogP contribution >= 0.6 is 11.3 Å². The molecule has 3 rings (SSSR count). The van der Waals surface area contributed by atoms with Crippen LogP contribution in [0.2, 0.25) is 0 Å². The zero-order valence-corrected chi connectivity index (χ0v) is 18.9. The van der Waals surface area contributed by atoms with Crippen molar-refractivity contribution in [1.82, 2.24) is 14.6 Å². The lowest BCUT2D eigenvalue weighted by atomic mass is 10.1. The quantitative estimate of drug-likeness (QED) is 0.530. The Labute approximate surface area is 185 Å². The zero-order valence-electron chi connectivity index (χ0n) is 17.3. The van der Waals surface area contributed by atoms with Gasteiger partial charge in [-0.1, -0.05) is 49.4 Å². The molecule has 0 spiro atoms. The number of carbonyl (C=O) groups excluding carboxylic acids is 1. The van der Waals surface area contributed by atoms with Gasteiger partial charge in [0.25, 0.3) is 0 Å². The van der Waals surface area contributed by atoms with Crippen LogP contribution in [-0.4, -0.2) is 37.3 Å². The van der Waals surface area contributed by atoms with E-state index in [4.69, 9.17) is 0 Å². The van der Waals surface area contributed by atoms with Crippen LogP contribution in [0.3, 0.4) is 0 Å². The highest BCUT2D eigenvalue weighted by molar-refractivity contribution is 7.89. The largest absolute Gasteiger partial charge is 0.338 e. The molecule has 0 saturated carbocycles. The molecule has 1 amide bonds. The standard InChI is InChI=1S/C22H24FN3O3S2/c1-3-21-24-17(15-30-21)14-26(2)22(27)19(13-16-9-5-4-6-10-16)25-31(28,29)20-12-8-7-11-18(20)23/h4-12,15,19,25H,3,13-14H2,1-2H3. The van der Waals surface area contributed by atoms with Gasteiger partial charge in [-0.25, -0.2) is 17.8 Å². The van der Waals surface area contributed by atoms with E-state index in [1.54, 1.807) is 7.05 Å². The van der Waals surface area contributed by atoms with Crippen LogP contribution in [0.5, 0.6) is 0 Å². The van der Waals surface area contributed by atoms with Crippen LogP contribution < -0.4 is 4.72 Å². The summed E-state index contributed by atoms with van der Waals surface area (Å²) in [4.78, 5) is 18.6. The highest BCUT2D eigenvalue weighted by atomic mass is 32.2. The number of aromatic nitrogens is 1. The monoisotopic (exact) mass is 461 g/mol. The van der Waals surface area contributed by atoms with Crippen LogP contribution in [0.15, 0.2) is 64.9 Å². The molecule has 9 heteroatoms. The molecule has 0 aliphatic carbocycles. The normalized spacial score (nSPS) is 12.5. The van der Waals surface area contributed by atoms with Gasteiger partial charge in [-0.05, 0) is 30.5 Å². The Kier molecular flexibility index (Phi) is 7.53. The second-order valence-corrected chi connectivity index (χ2v) is 9.70. The van der Waals surface area contributed by atoms with Gasteiger partial charge >= 0.3 is 0 Å². The van der Waals surface area contributed by atoms with Gasteiger partial charge in [-0.15, -0.1) is 11.3 Å². The van der Waals surface area contributed by atoms with E-state index in [-0.39, 0.29) is 13.0 Å². The van der Waals surface area contributed by atoms with Crippen molar-refractivity contribution < 1.29 is 17.6 Å². The highest BCUT2D eigenvalue weighted by Crippen LogP contribution is 2.17. The summed E-state index contributed by atoms with van der Waals surface area (Å²) >= 11 is 1.52. The molecule has 1 atom stereocenters. The van der Waals surface area contributed by atoms with Crippen LogP contribution in [0.25, 0.3) is 0 Å². The molecular formula is C22H24FN3O3S2. The molecule has 2 aromatic carbocycles. The molecule has 0 aliphatic heterocycles. The second kappa shape index (κ2) is 10.1. The van der Waals surface area contributed by atoms with E-state index < -0.39 is 32.7 Å². The summed E-state index contributed by atoms with van der Waals surface area (Å²) < 4.78 is 42.2. The smallest absolute Gasteiger partial charge is 0.244 e. The third-order valence-electron chi connectivity index (χ3n) is 4.68. The van der Waals surface area contributed by atoms with Crippen molar-refractivity contribution in [1.29, 1.82) is 0 Å². The summed E-state index contributed by atoms with van der Waals surface area (Å²) in [7, 11) is -2.65. The van der Waals surface area contributed by atoms with Crippen molar-refractivity contribution >= 4 is 27.3 Å². The Morgan fingerprint density at radius 3 is 2.48 bits per heavy atom. The van der Waals surface area contributed by atoms with E-state index in [0.29, 0.717) is 0 Å². The van der Waals surface area contributed by atoms with Gasteiger partial charge in [0.1, 0.15) is 16.8 Å². The number of nitrogens with zero attached hydrogens (tertiary/aromatic N) is 2. The zero-order chi connectivity index (χ0) is 22.4. The van der Waals surface area contributed by atoms with E-state index in [1.165, 1.54) is 34.4 Å². The molecule has 0 radical (unpaired) electrons. The van der Waals surface area contributed by atoms with E-state index in [2.05, 4.69) is 9.71 Å². The van der Waals surface area contributed by atoms with Gasteiger partial charge in [0.15, 0.2) is 0 Å². The van der Waals surface area contributed by atoms with Gasteiger partial charge in [-0.3, -0.25) is 4.79 Å². The van der Waals surface area contributed by atoms with Gasteiger partial charge in [0.05, 0.1) is 17.2 Å². The number of hydrogen-bond acceptors (Lipinski definition) is 5. The van der Waals surface area contributed by atoms with Gasteiger partial charge < -0.3 is 4.90 Å². The van der Waals surface area contributed by atoms with Gasteiger partial charge in [0.2, 0.25) is 15.9 Å². The van der Waals surface area contributed by atoms with Crippen LogP contribution in [-0.2, 0) is 34.2 Å². The number of benzene rings is 2. The number of aryl methyl sites for hydroxylation is 1. The fraction of sp³-hybridized carbons (Fsp3) is 0.273. The SMILES string of the molecule is CCc1nc(CN(C)C(=O)C(Cc2ccccc2)NS(=O)(=O)c2ccccc2F)cs1. The van der Waals surface area contributed by atoms with Crippen LogP contribution in [0.1, 0.15) is 23.2 Å². The van der Waals surface area contributed by atoms with Crippen molar-refractivity contribution in [3.63, 3.8) is 0 Å². The number of rotatable bonds is 9. The number of amides is 1. The average Bonchev–Trinajstić information content (AvgIpc) is 3.21. The first-order valence-electron chi connectivity index (χ1n) is 9.79. The molecule has 1 heterocycles. The highest BCUT2D eigenvalue weighted by Gasteiger charge is 2.30. The fourth-order valence-electron chi connectivity index (χ4n) is 3.11. The number of likely N-dealkylation sites (N-methyl/N-ethyl adjacent to an activating group) is 1. The number of nitrogens with one attached hydrogen (secondary N) is 1. The number of halogens is 1. The summed E-state index contributed by atoms with van der Waals surface area (Å²) in [5.74, 6) is -1.29. The van der Waals surface area contributed by atoms with Crippen molar-refractivity contribution in [2.75, 3.05) is 7.05 Å². The number of sulfonamides is 1. The summed E-state index contributed by atoms with van der Waals surface area (Å²) in [6.07, 6.45) is 0.941. The third kappa shape index (κ3) is 5.96. The molecule has 1 N–H and O–H groups in total. The van der Waals surface area contributed by atoms with E-state index in [1.807, 2.05) is 42.6 Å². The lowest BCUT2D eigenvalue weighted by molar-refractivity contribution is -0.132.